The quantitative estimate of drug-likeness (QED) is 0.526. The summed E-state index contributed by atoms with van der Waals surface area (Å²) >= 11 is 1.68. The highest BCUT2D eigenvalue weighted by Gasteiger charge is 2.12. The van der Waals surface area contributed by atoms with Gasteiger partial charge in [0.25, 0.3) is 0 Å². The predicted octanol–water partition coefficient (Wildman–Crippen LogP) is 4.34. The summed E-state index contributed by atoms with van der Waals surface area (Å²) < 4.78 is 1.73. The number of thioether (sulfide) groups is 1. The van der Waals surface area contributed by atoms with E-state index in [4.69, 9.17) is 0 Å². The molecule has 0 saturated heterocycles. The highest BCUT2D eigenvalue weighted by molar-refractivity contribution is 7.98. The summed E-state index contributed by atoms with van der Waals surface area (Å²) in [5.41, 5.74) is 3.64. The number of hydrogen-bond acceptors (Lipinski definition) is 4. The Hall–Kier alpha value is -2.84. The highest BCUT2D eigenvalue weighted by atomic mass is 32.2. The molecular formula is C19H15N3OS. The zero-order valence-electron chi connectivity index (χ0n) is 13.4. The van der Waals surface area contributed by atoms with Crippen molar-refractivity contribution < 1.29 is 4.79 Å². The monoisotopic (exact) mass is 333 g/mol. The molecular weight excluding hydrogens is 318 g/mol. The molecule has 0 saturated carbocycles. The molecule has 1 aromatic heterocycles. The summed E-state index contributed by atoms with van der Waals surface area (Å²) in [6.07, 6.45) is 2.03. The number of hydrogen-bond donors (Lipinski definition) is 0. The second kappa shape index (κ2) is 6.73. The maximum Gasteiger partial charge on any atom is 0.163 e. The van der Waals surface area contributed by atoms with E-state index in [1.54, 1.807) is 34.6 Å². The van der Waals surface area contributed by atoms with Crippen LogP contribution >= 0.6 is 11.8 Å². The number of aromatic nitrogens is 2. The highest BCUT2D eigenvalue weighted by Crippen LogP contribution is 2.26. The zero-order valence-corrected chi connectivity index (χ0v) is 14.2. The number of benzene rings is 2. The lowest BCUT2D eigenvalue weighted by molar-refractivity contribution is 0.101. The molecule has 0 aliphatic heterocycles. The Labute approximate surface area is 144 Å². The number of rotatable bonds is 4. The van der Waals surface area contributed by atoms with Crippen LogP contribution in [-0.4, -0.2) is 21.8 Å². The van der Waals surface area contributed by atoms with Gasteiger partial charge in [-0.15, -0.1) is 11.8 Å². The molecule has 0 bridgehead atoms. The summed E-state index contributed by atoms with van der Waals surface area (Å²) in [7, 11) is 0. The van der Waals surface area contributed by atoms with Crippen LogP contribution in [0.25, 0.3) is 16.9 Å². The van der Waals surface area contributed by atoms with Crippen molar-refractivity contribution in [3.8, 4) is 23.0 Å². The number of nitriles is 1. The molecule has 0 aliphatic rings. The Morgan fingerprint density at radius 3 is 2.33 bits per heavy atom. The van der Waals surface area contributed by atoms with Crippen molar-refractivity contribution in [3.05, 3.63) is 65.9 Å². The first-order valence-corrected chi connectivity index (χ1v) is 8.61. The molecule has 4 nitrogen and oxygen atoms in total. The van der Waals surface area contributed by atoms with Crippen LogP contribution in [0.4, 0.5) is 0 Å². The summed E-state index contributed by atoms with van der Waals surface area (Å²) in [6.45, 7) is 1.54. The van der Waals surface area contributed by atoms with Crippen molar-refractivity contribution in [1.82, 2.24) is 9.78 Å². The SMILES string of the molecule is CSc1ccc(-c2cc(C#N)nn2-c2ccc(C(C)=O)cc2)cc1. The van der Waals surface area contributed by atoms with Crippen LogP contribution in [0.3, 0.4) is 0 Å². The van der Waals surface area contributed by atoms with Crippen LogP contribution < -0.4 is 0 Å². The maximum atomic E-state index is 11.4. The minimum atomic E-state index is 0.0209. The van der Waals surface area contributed by atoms with Crippen molar-refractivity contribution in [1.29, 1.82) is 5.26 Å². The molecule has 0 unspecified atom stereocenters. The molecule has 0 amide bonds. The lowest BCUT2D eigenvalue weighted by atomic mass is 10.1. The fourth-order valence-electron chi connectivity index (χ4n) is 2.44. The van der Waals surface area contributed by atoms with Crippen molar-refractivity contribution >= 4 is 17.5 Å². The molecule has 0 fully saturated rings. The van der Waals surface area contributed by atoms with Gasteiger partial charge in [-0.3, -0.25) is 4.79 Å². The number of carbonyl (C=O) groups excluding carboxylic acids is 1. The normalized spacial score (nSPS) is 10.4. The Kier molecular flexibility index (Phi) is 4.50. The van der Waals surface area contributed by atoms with Crippen molar-refractivity contribution in [2.45, 2.75) is 11.8 Å². The first-order valence-electron chi connectivity index (χ1n) is 7.38. The molecule has 5 heteroatoms. The Bertz CT molecular complexity index is 919. The smallest absolute Gasteiger partial charge is 0.163 e. The van der Waals surface area contributed by atoms with E-state index in [0.29, 0.717) is 11.3 Å². The number of ketones is 1. The molecule has 0 atom stereocenters. The fraction of sp³-hybridized carbons (Fsp3) is 0.105. The molecule has 3 rings (SSSR count). The van der Waals surface area contributed by atoms with Gasteiger partial charge in [-0.2, -0.15) is 10.4 Å². The average molecular weight is 333 g/mol. The molecule has 0 N–H and O–H groups in total. The maximum absolute atomic E-state index is 11.4. The van der Waals surface area contributed by atoms with Crippen molar-refractivity contribution in [2.24, 2.45) is 0 Å². The van der Waals surface area contributed by atoms with E-state index in [-0.39, 0.29) is 5.78 Å². The molecule has 24 heavy (non-hydrogen) atoms. The largest absolute Gasteiger partial charge is 0.295 e. The third-order valence-electron chi connectivity index (χ3n) is 3.73. The van der Waals surface area contributed by atoms with Crippen molar-refractivity contribution in [3.63, 3.8) is 0 Å². The van der Waals surface area contributed by atoms with Gasteiger partial charge in [0.2, 0.25) is 0 Å². The predicted molar refractivity (Wildman–Crippen MR) is 95.5 cm³/mol. The molecule has 0 radical (unpaired) electrons. The van der Waals surface area contributed by atoms with Gasteiger partial charge < -0.3 is 0 Å². The summed E-state index contributed by atoms with van der Waals surface area (Å²) in [5, 5.41) is 13.6. The number of Topliss-reactive ketones (excluding diaryl/α,β-unsaturated/α-hetero) is 1. The second-order valence-corrected chi connectivity index (χ2v) is 6.15. The summed E-state index contributed by atoms with van der Waals surface area (Å²) in [4.78, 5) is 12.6. The van der Waals surface area contributed by atoms with E-state index in [1.165, 1.54) is 11.8 Å². The van der Waals surface area contributed by atoms with E-state index in [0.717, 1.165) is 16.9 Å². The van der Waals surface area contributed by atoms with E-state index in [9.17, 15) is 10.1 Å². The Balaban J connectivity index is 2.08. The van der Waals surface area contributed by atoms with Crippen LogP contribution in [0.15, 0.2) is 59.5 Å². The summed E-state index contributed by atoms with van der Waals surface area (Å²) in [5.74, 6) is 0.0209. The molecule has 118 valence electrons. The van der Waals surface area contributed by atoms with Gasteiger partial charge in [0.15, 0.2) is 11.5 Å². The lowest BCUT2D eigenvalue weighted by Crippen LogP contribution is -2.00. The van der Waals surface area contributed by atoms with Crippen molar-refractivity contribution in [2.75, 3.05) is 6.26 Å². The van der Waals surface area contributed by atoms with E-state index in [1.807, 2.05) is 42.7 Å². The topological polar surface area (TPSA) is 58.7 Å². The van der Waals surface area contributed by atoms with Gasteiger partial charge in [0, 0.05) is 22.1 Å². The molecule has 1 heterocycles. The first kappa shape index (κ1) is 16.0. The van der Waals surface area contributed by atoms with Crippen LogP contribution in [0.1, 0.15) is 23.0 Å². The van der Waals surface area contributed by atoms with Crippen LogP contribution in [-0.2, 0) is 0 Å². The van der Waals surface area contributed by atoms with Crippen LogP contribution in [0, 0.1) is 11.3 Å². The Morgan fingerprint density at radius 1 is 1.12 bits per heavy atom. The number of carbonyl (C=O) groups is 1. The lowest BCUT2D eigenvalue weighted by Gasteiger charge is -2.08. The Morgan fingerprint density at radius 2 is 1.79 bits per heavy atom. The molecule has 2 aromatic carbocycles. The second-order valence-electron chi connectivity index (χ2n) is 5.27. The zero-order chi connectivity index (χ0) is 17.1. The van der Waals surface area contributed by atoms with E-state index >= 15 is 0 Å². The number of nitrogens with zero attached hydrogens (tertiary/aromatic N) is 3. The van der Waals surface area contributed by atoms with Gasteiger partial charge in [-0.1, -0.05) is 12.1 Å². The van der Waals surface area contributed by atoms with Gasteiger partial charge in [-0.25, -0.2) is 4.68 Å². The van der Waals surface area contributed by atoms with Gasteiger partial charge in [0.1, 0.15) is 6.07 Å². The standard InChI is InChI=1S/C19H15N3OS/c1-13(23)14-3-7-17(8-4-14)22-19(11-16(12-20)21-22)15-5-9-18(24-2)10-6-15/h3-11H,1-2H3. The molecule has 3 aromatic rings. The minimum absolute atomic E-state index is 0.0209. The van der Waals surface area contributed by atoms with E-state index < -0.39 is 0 Å². The van der Waals surface area contributed by atoms with E-state index in [2.05, 4.69) is 11.2 Å². The first-order chi connectivity index (χ1) is 11.6. The van der Waals surface area contributed by atoms with Gasteiger partial charge in [-0.05, 0) is 49.6 Å². The third-order valence-corrected chi connectivity index (χ3v) is 4.47. The van der Waals surface area contributed by atoms with Gasteiger partial charge >= 0.3 is 0 Å². The summed E-state index contributed by atoms with van der Waals surface area (Å²) in [6, 6.07) is 19.2. The molecule has 0 spiro atoms. The third kappa shape index (κ3) is 3.10. The van der Waals surface area contributed by atoms with Gasteiger partial charge in [0.05, 0.1) is 11.4 Å². The van der Waals surface area contributed by atoms with Crippen LogP contribution in [0.2, 0.25) is 0 Å². The molecule has 0 aliphatic carbocycles. The average Bonchev–Trinajstić information content (AvgIpc) is 3.06. The minimum Gasteiger partial charge on any atom is -0.295 e. The van der Waals surface area contributed by atoms with Crippen LogP contribution in [0.5, 0.6) is 0 Å². The fourth-order valence-corrected chi connectivity index (χ4v) is 2.85.